The number of piperazine rings is 1. The molecular formula is C22H29N5O2S. The summed E-state index contributed by atoms with van der Waals surface area (Å²) in [6.45, 7) is 8.13. The van der Waals surface area contributed by atoms with Gasteiger partial charge in [0.25, 0.3) is 0 Å². The lowest BCUT2D eigenvalue weighted by atomic mass is 10.2. The number of anilines is 2. The summed E-state index contributed by atoms with van der Waals surface area (Å²) in [5.41, 5.74) is 2.98. The summed E-state index contributed by atoms with van der Waals surface area (Å²) in [6.07, 6.45) is 4.02. The minimum absolute atomic E-state index is 0.447. The van der Waals surface area contributed by atoms with Crippen molar-refractivity contribution in [2.24, 2.45) is 0 Å². The van der Waals surface area contributed by atoms with Crippen molar-refractivity contribution in [2.75, 3.05) is 49.1 Å². The first-order chi connectivity index (χ1) is 14.4. The summed E-state index contributed by atoms with van der Waals surface area (Å²) >= 11 is 0. The molecule has 4 rings (SSSR count). The molecule has 2 aliphatic rings. The molecule has 2 saturated heterocycles. The quantitative estimate of drug-likeness (QED) is 0.731. The topological polar surface area (TPSA) is 69.6 Å². The van der Waals surface area contributed by atoms with Gasteiger partial charge in [0.2, 0.25) is 16.0 Å². The minimum atomic E-state index is -3.44. The molecule has 160 valence electrons. The molecule has 0 unspecified atom stereocenters. The van der Waals surface area contributed by atoms with E-state index >= 15 is 0 Å². The Hall–Kier alpha value is -2.45. The normalized spacial score (nSPS) is 18.5. The van der Waals surface area contributed by atoms with Crippen molar-refractivity contribution in [3.8, 4) is 0 Å². The van der Waals surface area contributed by atoms with Crippen molar-refractivity contribution in [1.29, 1.82) is 0 Å². The molecule has 0 radical (unpaired) electrons. The van der Waals surface area contributed by atoms with Crippen molar-refractivity contribution in [3.05, 3.63) is 52.6 Å². The smallest absolute Gasteiger partial charge is 0.236 e. The molecule has 7 nitrogen and oxygen atoms in total. The molecule has 0 aliphatic carbocycles. The van der Waals surface area contributed by atoms with Gasteiger partial charge in [-0.3, -0.25) is 0 Å². The molecule has 8 heteroatoms. The van der Waals surface area contributed by atoms with Crippen LogP contribution in [0.4, 0.5) is 11.8 Å². The Morgan fingerprint density at radius 3 is 2.20 bits per heavy atom. The summed E-state index contributed by atoms with van der Waals surface area (Å²) in [5, 5.41) is 1.31. The maximum Gasteiger partial charge on any atom is 0.236 e. The predicted molar refractivity (Wildman–Crippen MR) is 121 cm³/mol. The van der Waals surface area contributed by atoms with E-state index < -0.39 is 10.0 Å². The van der Waals surface area contributed by atoms with Crippen LogP contribution in [0.3, 0.4) is 0 Å². The van der Waals surface area contributed by atoms with Gasteiger partial charge in [0, 0.05) is 56.4 Å². The molecule has 2 aliphatic heterocycles. The van der Waals surface area contributed by atoms with Gasteiger partial charge in [0.1, 0.15) is 5.82 Å². The van der Waals surface area contributed by atoms with Crippen LogP contribution in [0, 0.1) is 13.8 Å². The average molecular weight is 428 g/mol. The van der Waals surface area contributed by atoms with E-state index in [-0.39, 0.29) is 0 Å². The first-order valence-electron chi connectivity index (χ1n) is 10.5. The van der Waals surface area contributed by atoms with Gasteiger partial charge in [-0.25, -0.2) is 13.4 Å². The maximum absolute atomic E-state index is 12.7. The van der Waals surface area contributed by atoms with Gasteiger partial charge in [-0.1, -0.05) is 29.8 Å². The number of sulfonamides is 1. The molecule has 0 saturated carbocycles. The Kier molecular flexibility index (Phi) is 6.06. The van der Waals surface area contributed by atoms with Crippen LogP contribution in [0.2, 0.25) is 0 Å². The molecule has 0 spiro atoms. The van der Waals surface area contributed by atoms with Gasteiger partial charge in [-0.15, -0.1) is 0 Å². The lowest BCUT2D eigenvalue weighted by Crippen LogP contribution is -2.48. The summed E-state index contributed by atoms with van der Waals surface area (Å²) in [7, 11) is -3.44. The number of benzene rings is 1. The summed E-state index contributed by atoms with van der Waals surface area (Å²) in [6, 6.07) is 9.79. The zero-order valence-corrected chi connectivity index (χ0v) is 18.5. The van der Waals surface area contributed by atoms with Crippen molar-refractivity contribution in [2.45, 2.75) is 26.7 Å². The van der Waals surface area contributed by atoms with Crippen LogP contribution >= 0.6 is 0 Å². The second-order valence-electron chi connectivity index (χ2n) is 8.01. The van der Waals surface area contributed by atoms with E-state index in [1.165, 1.54) is 18.2 Å². The zero-order chi connectivity index (χ0) is 21.1. The Morgan fingerprint density at radius 1 is 0.867 bits per heavy atom. The van der Waals surface area contributed by atoms with Crippen molar-refractivity contribution >= 4 is 27.9 Å². The molecule has 2 fully saturated rings. The number of aromatic nitrogens is 2. The molecule has 0 bridgehead atoms. The van der Waals surface area contributed by atoms with Gasteiger partial charge >= 0.3 is 0 Å². The van der Waals surface area contributed by atoms with E-state index in [1.54, 1.807) is 10.4 Å². The number of nitrogens with zero attached hydrogens (tertiary/aromatic N) is 5. The second kappa shape index (κ2) is 8.73. The predicted octanol–water partition coefficient (Wildman–Crippen LogP) is 2.82. The second-order valence-corrected chi connectivity index (χ2v) is 9.82. The number of aryl methyl sites for hydroxylation is 2. The summed E-state index contributed by atoms with van der Waals surface area (Å²) < 4.78 is 27.0. The highest BCUT2D eigenvalue weighted by atomic mass is 32.2. The molecular weight excluding hydrogens is 398 g/mol. The van der Waals surface area contributed by atoms with Gasteiger partial charge in [-0.05, 0) is 38.3 Å². The molecule has 3 heterocycles. The summed E-state index contributed by atoms with van der Waals surface area (Å²) in [5.74, 6) is 1.68. The highest BCUT2D eigenvalue weighted by Gasteiger charge is 2.26. The standard InChI is InChI=1S/C22H29N5O2S/c1-18-5-7-20(8-6-18)9-16-30(28,29)27-14-12-25(13-15-27)21-17-19(2)23-22(24-21)26-10-3-4-11-26/h5-9,16-17H,3-4,10-15H2,1-2H3/b16-9+. The van der Waals surface area contributed by atoms with Crippen LogP contribution in [0.1, 0.15) is 29.7 Å². The third-order valence-electron chi connectivity index (χ3n) is 5.65. The Morgan fingerprint density at radius 2 is 1.53 bits per heavy atom. The monoisotopic (exact) mass is 427 g/mol. The molecule has 2 aromatic rings. The highest BCUT2D eigenvalue weighted by Crippen LogP contribution is 2.22. The third-order valence-corrected chi connectivity index (χ3v) is 7.22. The first kappa shape index (κ1) is 20.8. The average Bonchev–Trinajstić information content (AvgIpc) is 3.28. The molecule has 1 aromatic carbocycles. The van der Waals surface area contributed by atoms with Gasteiger partial charge in [0.15, 0.2) is 0 Å². The van der Waals surface area contributed by atoms with Crippen LogP contribution in [0.25, 0.3) is 6.08 Å². The number of rotatable bonds is 5. The van der Waals surface area contributed by atoms with Gasteiger partial charge in [0.05, 0.1) is 0 Å². The summed E-state index contributed by atoms with van der Waals surface area (Å²) in [4.78, 5) is 13.8. The van der Waals surface area contributed by atoms with E-state index in [9.17, 15) is 8.42 Å². The van der Waals surface area contributed by atoms with Crippen LogP contribution in [-0.4, -0.2) is 62.0 Å². The van der Waals surface area contributed by atoms with E-state index in [1.807, 2.05) is 44.2 Å². The molecule has 0 atom stereocenters. The molecule has 0 amide bonds. The van der Waals surface area contributed by atoms with Crippen molar-refractivity contribution in [3.63, 3.8) is 0 Å². The van der Waals surface area contributed by atoms with E-state index in [4.69, 9.17) is 4.98 Å². The van der Waals surface area contributed by atoms with Gasteiger partial charge in [-0.2, -0.15) is 9.29 Å². The Labute approximate surface area is 179 Å². The molecule has 30 heavy (non-hydrogen) atoms. The third kappa shape index (κ3) is 4.82. The van der Waals surface area contributed by atoms with E-state index in [0.717, 1.165) is 41.7 Å². The fraction of sp³-hybridized carbons (Fsp3) is 0.455. The Bertz CT molecular complexity index is 1010. The first-order valence-corrected chi connectivity index (χ1v) is 12.0. The van der Waals surface area contributed by atoms with E-state index in [2.05, 4.69) is 14.8 Å². The van der Waals surface area contributed by atoms with E-state index in [0.29, 0.717) is 26.2 Å². The molecule has 0 N–H and O–H groups in total. The zero-order valence-electron chi connectivity index (χ0n) is 17.7. The van der Waals surface area contributed by atoms with Crippen molar-refractivity contribution < 1.29 is 8.42 Å². The maximum atomic E-state index is 12.7. The fourth-order valence-electron chi connectivity index (χ4n) is 3.86. The number of hydrogen-bond acceptors (Lipinski definition) is 6. The fourth-order valence-corrected chi connectivity index (χ4v) is 5.03. The Balaban J connectivity index is 1.41. The van der Waals surface area contributed by atoms with Crippen LogP contribution in [0.15, 0.2) is 35.7 Å². The van der Waals surface area contributed by atoms with Crippen LogP contribution in [0.5, 0.6) is 0 Å². The van der Waals surface area contributed by atoms with Crippen LogP contribution in [-0.2, 0) is 10.0 Å². The molecule has 1 aromatic heterocycles. The van der Waals surface area contributed by atoms with Gasteiger partial charge < -0.3 is 9.80 Å². The number of hydrogen-bond donors (Lipinski definition) is 0. The van der Waals surface area contributed by atoms with Crippen molar-refractivity contribution in [1.82, 2.24) is 14.3 Å². The lowest BCUT2D eigenvalue weighted by molar-refractivity contribution is 0.389. The lowest BCUT2D eigenvalue weighted by Gasteiger charge is -2.34. The minimum Gasteiger partial charge on any atom is -0.354 e. The largest absolute Gasteiger partial charge is 0.354 e. The highest BCUT2D eigenvalue weighted by molar-refractivity contribution is 7.92. The van der Waals surface area contributed by atoms with Crippen LogP contribution < -0.4 is 9.80 Å². The SMILES string of the molecule is Cc1ccc(/C=C/S(=O)(=O)N2CCN(c3cc(C)nc(N4CCCC4)n3)CC2)cc1.